The number of rotatable bonds is 5. The first kappa shape index (κ1) is 15.5. The first-order valence-electron chi connectivity index (χ1n) is 6.89. The maximum atomic E-state index is 14.0. The minimum Gasteiger partial charge on any atom is -0.383 e. The van der Waals surface area contributed by atoms with Crippen LogP contribution in [0.2, 0.25) is 0 Å². The van der Waals surface area contributed by atoms with Crippen molar-refractivity contribution in [3.05, 3.63) is 23.8 Å². The van der Waals surface area contributed by atoms with Gasteiger partial charge >= 0.3 is 6.03 Å². The summed E-state index contributed by atoms with van der Waals surface area (Å²) in [6.07, 6.45) is 1.86. The van der Waals surface area contributed by atoms with Crippen LogP contribution in [0.15, 0.2) is 12.1 Å². The molecule has 116 valence electrons. The maximum Gasteiger partial charge on any atom is 0.319 e. The number of hydrogen-bond acceptors (Lipinski definition) is 3. The number of nitrogens with zero attached hydrogens (tertiary/aromatic N) is 1. The summed E-state index contributed by atoms with van der Waals surface area (Å²) in [5, 5.41) is 4.91. The largest absolute Gasteiger partial charge is 0.383 e. The lowest BCUT2D eigenvalue weighted by atomic mass is 10.2. The Hall–Kier alpha value is -1.89. The zero-order valence-electron chi connectivity index (χ0n) is 11.9. The first-order chi connectivity index (χ1) is 10.1. The Morgan fingerprint density at radius 2 is 1.90 bits per heavy atom. The zero-order valence-corrected chi connectivity index (χ0v) is 11.9. The van der Waals surface area contributed by atoms with Crippen LogP contribution < -0.4 is 15.5 Å². The number of carbonyl (C=O) groups excluding carboxylic acids is 1. The minimum absolute atomic E-state index is 0.0159. The molecular weight excluding hydrogens is 280 g/mol. The van der Waals surface area contributed by atoms with E-state index in [1.54, 1.807) is 4.90 Å². The van der Waals surface area contributed by atoms with Gasteiger partial charge in [-0.2, -0.15) is 0 Å². The molecular formula is C14H19F2N3O2. The molecule has 1 aliphatic rings. The molecule has 1 aromatic carbocycles. The normalized spacial score (nSPS) is 14.3. The van der Waals surface area contributed by atoms with Crippen molar-refractivity contribution in [1.29, 1.82) is 0 Å². The van der Waals surface area contributed by atoms with Crippen molar-refractivity contribution in [2.75, 3.05) is 43.6 Å². The van der Waals surface area contributed by atoms with Crippen molar-refractivity contribution >= 4 is 17.4 Å². The zero-order chi connectivity index (χ0) is 15.2. The van der Waals surface area contributed by atoms with E-state index in [9.17, 15) is 13.6 Å². The Morgan fingerprint density at radius 3 is 2.48 bits per heavy atom. The molecule has 0 unspecified atom stereocenters. The van der Waals surface area contributed by atoms with Gasteiger partial charge in [-0.1, -0.05) is 0 Å². The standard InChI is InChI=1S/C14H19F2N3O2/c1-21-7-4-17-14(20)18-10-8-11(15)13(12(16)9-10)19-5-2-3-6-19/h8-9H,2-7H2,1H3,(H2,17,18,20). The Bertz CT molecular complexity index is 482. The van der Waals surface area contributed by atoms with E-state index >= 15 is 0 Å². The molecule has 0 aromatic heterocycles. The van der Waals surface area contributed by atoms with Gasteiger partial charge in [-0.25, -0.2) is 13.6 Å². The fourth-order valence-corrected chi connectivity index (χ4v) is 2.32. The lowest BCUT2D eigenvalue weighted by molar-refractivity contribution is 0.198. The van der Waals surface area contributed by atoms with Gasteiger partial charge in [0.25, 0.3) is 0 Å². The summed E-state index contributed by atoms with van der Waals surface area (Å²) in [6, 6.07) is 1.74. The Labute approximate surface area is 122 Å². The van der Waals surface area contributed by atoms with E-state index in [0.717, 1.165) is 25.0 Å². The predicted octanol–water partition coefficient (Wildman–Crippen LogP) is 2.33. The van der Waals surface area contributed by atoms with E-state index in [-0.39, 0.29) is 11.4 Å². The first-order valence-corrected chi connectivity index (χ1v) is 6.89. The van der Waals surface area contributed by atoms with Crippen molar-refractivity contribution in [3.8, 4) is 0 Å². The summed E-state index contributed by atoms with van der Waals surface area (Å²) in [5.74, 6) is -1.33. The van der Waals surface area contributed by atoms with Crippen LogP contribution in [0.3, 0.4) is 0 Å². The summed E-state index contributed by atoms with van der Waals surface area (Å²) < 4.78 is 32.9. The predicted molar refractivity (Wildman–Crippen MR) is 76.7 cm³/mol. The molecule has 0 radical (unpaired) electrons. The molecule has 21 heavy (non-hydrogen) atoms. The van der Waals surface area contributed by atoms with Crippen LogP contribution in [0.5, 0.6) is 0 Å². The molecule has 0 atom stereocenters. The number of carbonyl (C=O) groups is 1. The van der Waals surface area contributed by atoms with Crippen LogP contribution >= 0.6 is 0 Å². The Kier molecular flexibility index (Phi) is 5.32. The van der Waals surface area contributed by atoms with E-state index in [0.29, 0.717) is 26.2 Å². The SMILES string of the molecule is COCCNC(=O)Nc1cc(F)c(N2CCCC2)c(F)c1. The molecule has 0 saturated carbocycles. The van der Waals surface area contributed by atoms with E-state index in [2.05, 4.69) is 10.6 Å². The van der Waals surface area contributed by atoms with Gasteiger partial charge in [-0.3, -0.25) is 0 Å². The highest BCUT2D eigenvalue weighted by Gasteiger charge is 2.21. The number of nitrogens with one attached hydrogen (secondary N) is 2. The third kappa shape index (κ3) is 4.04. The lowest BCUT2D eigenvalue weighted by Crippen LogP contribution is -2.31. The highest BCUT2D eigenvalue weighted by atomic mass is 19.1. The summed E-state index contributed by atoms with van der Waals surface area (Å²) in [7, 11) is 1.52. The smallest absolute Gasteiger partial charge is 0.319 e. The number of benzene rings is 1. The molecule has 1 aromatic rings. The second kappa shape index (κ2) is 7.21. The molecule has 0 aliphatic carbocycles. The molecule has 0 spiro atoms. The van der Waals surface area contributed by atoms with E-state index in [4.69, 9.17) is 4.74 Å². The number of hydrogen-bond donors (Lipinski definition) is 2. The minimum atomic E-state index is -0.663. The van der Waals surface area contributed by atoms with E-state index in [1.807, 2.05) is 0 Å². The second-order valence-corrected chi connectivity index (χ2v) is 4.86. The summed E-state index contributed by atoms with van der Waals surface area (Å²) >= 11 is 0. The van der Waals surface area contributed by atoms with Gasteiger partial charge in [0, 0.05) is 32.4 Å². The van der Waals surface area contributed by atoms with Crippen LogP contribution in [0.25, 0.3) is 0 Å². The quantitative estimate of drug-likeness (QED) is 0.821. The Balaban J connectivity index is 2.03. The van der Waals surface area contributed by atoms with Crippen LogP contribution in [-0.2, 0) is 4.74 Å². The monoisotopic (exact) mass is 299 g/mol. The number of methoxy groups -OCH3 is 1. The van der Waals surface area contributed by atoms with Gasteiger partial charge in [0.2, 0.25) is 0 Å². The Morgan fingerprint density at radius 1 is 1.29 bits per heavy atom. The second-order valence-electron chi connectivity index (χ2n) is 4.86. The van der Waals surface area contributed by atoms with Crippen molar-refractivity contribution in [2.45, 2.75) is 12.8 Å². The number of anilines is 2. The average Bonchev–Trinajstić information content (AvgIpc) is 2.92. The highest BCUT2D eigenvalue weighted by molar-refractivity contribution is 5.89. The van der Waals surface area contributed by atoms with E-state index < -0.39 is 17.7 Å². The molecule has 2 rings (SSSR count). The number of amides is 2. The molecule has 2 N–H and O–H groups in total. The number of urea groups is 1. The summed E-state index contributed by atoms with van der Waals surface area (Å²) in [4.78, 5) is 13.2. The molecule has 7 heteroatoms. The van der Waals surface area contributed by atoms with Gasteiger partial charge in [0.15, 0.2) is 11.6 Å². The van der Waals surface area contributed by atoms with Crippen LogP contribution in [0, 0.1) is 11.6 Å². The molecule has 1 heterocycles. The van der Waals surface area contributed by atoms with Gasteiger partial charge in [-0.15, -0.1) is 0 Å². The molecule has 0 bridgehead atoms. The third-order valence-electron chi connectivity index (χ3n) is 3.29. The maximum absolute atomic E-state index is 14.0. The summed E-state index contributed by atoms with van der Waals surface area (Å²) in [6.45, 7) is 1.99. The van der Waals surface area contributed by atoms with Gasteiger partial charge < -0.3 is 20.3 Å². The van der Waals surface area contributed by atoms with Crippen LogP contribution in [0.1, 0.15) is 12.8 Å². The third-order valence-corrected chi connectivity index (χ3v) is 3.29. The molecule has 1 saturated heterocycles. The number of halogens is 2. The van der Waals surface area contributed by atoms with Crippen LogP contribution in [0.4, 0.5) is 25.0 Å². The van der Waals surface area contributed by atoms with Crippen molar-refractivity contribution in [2.24, 2.45) is 0 Å². The molecule has 1 aliphatic heterocycles. The van der Waals surface area contributed by atoms with Gasteiger partial charge in [-0.05, 0) is 25.0 Å². The fourth-order valence-electron chi connectivity index (χ4n) is 2.32. The van der Waals surface area contributed by atoms with Crippen molar-refractivity contribution in [1.82, 2.24) is 5.32 Å². The molecule has 5 nitrogen and oxygen atoms in total. The summed E-state index contributed by atoms with van der Waals surface area (Å²) in [5.41, 5.74) is 0.0701. The molecule has 1 fully saturated rings. The average molecular weight is 299 g/mol. The van der Waals surface area contributed by atoms with Crippen molar-refractivity contribution < 1.29 is 18.3 Å². The molecule has 2 amide bonds. The highest BCUT2D eigenvalue weighted by Crippen LogP contribution is 2.29. The number of ether oxygens (including phenoxy) is 1. The van der Waals surface area contributed by atoms with Gasteiger partial charge in [0.1, 0.15) is 5.69 Å². The van der Waals surface area contributed by atoms with Crippen LogP contribution in [-0.4, -0.2) is 39.4 Å². The van der Waals surface area contributed by atoms with Gasteiger partial charge in [0.05, 0.1) is 6.61 Å². The topological polar surface area (TPSA) is 53.6 Å². The van der Waals surface area contributed by atoms with Crippen molar-refractivity contribution in [3.63, 3.8) is 0 Å². The lowest BCUT2D eigenvalue weighted by Gasteiger charge is -2.19. The fraction of sp³-hybridized carbons (Fsp3) is 0.500. The van der Waals surface area contributed by atoms with E-state index in [1.165, 1.54) is 7.11 Å².